The lowest BCUT2D eigenvalue weighted by molar-refractivity contribution is -0.167. The Morgan fingerprint density at radius 1 is 1.04 bits per heavy atom. The van der Waals surface area contributed by atoms with Gasteiger partial charge in [0.15, 0.2) is 6.10 Å². The van der Waals surface area contributed by atoms with E-state index in [4.69, 9.17) is 9.47 Å². The number of aliphatic hydroxyl groups excluding tert-OH is 1. The van der Waals surface area contributed by atoms with Crippen molar-refractivity contribution in [2.75, 3.05) is 13.7 Å². The Morgan fingerprint density at radius 2 is 1.71 bits per heavy atom. The van der Waals surface area contributed by atoms with Crippen LogP contribution in [-0.4, -0.2) is 65.6 Å². The molecule has 0 unspecified atom stereocenters. The fourth-order valence-corrected chi connectivity index (χ4v) is 4.99. The standard InChI is InChI=1S/C36H46N2O7/c1-24(2)21-30(39)34(42)45-31(25(3)15-16-26-11-8-7-9-12-26)13-10-14-32(40)37-29(22-27-17-19-28(44-6)20-18-27)33(41)38-23-36(4,5)35(38)43/h7-12,14-20,24-25,29-31,39H,13,21-23H2,1-6H3,(H,37,40)/b14-10+,16-15+/t25-,29-,30+,31+/m1/s1. The molecular formula is C36H46N2O7. The molecule has 242 valence electrons. The molecule has 0 bridgehead atoms. The minimum atomic E-state index is -1.25. The topological polar surface area (TPSA) is 122 Å². The van der Waals surface area contributed by atoms with Gasteiger partial charge >= 0.3 is 5.97 Å². The first-order chi connectivity index (χ1) is 21.3. The molecule has 2 N–H and O–H groups in total. The average molecular weight is 619 g/mol. The monoisotopic (exact) mass is 618 g/mol. The first-order valence-electron chi connectivity index (χ1n) is 15.4. The van der Waals surface area contributed by atoms with Crippen molar-refractivity contribution in [1.82, 2.24) is 10.2 Å². The van der Waals surface area contributed by atoms with Crippen molar-refractivity contribution in [3.05, 3.63) is 84.0 Å². The van der Waals surface area contributed by atoms with E-state index < -0.39 is 41.4 Å². The Kier molecular flexibility index (Phi) is 12.7. The highest BCUT2D eigenvalue weighted by Gasteiger charge is 2.49. The third kappa shape index (κ3) is 10.4. The molecule has 0 spiro atoms. The number of nitrogens with one attached hydrogen (secondary N) is 1. The van der Waals surface area contributed by atoms with E-state index in [-0.39, 0.29) is 43.6 Å². The molecule has 1 fully saturated rings. The van der Waals surface area contributed by atoms with Crippen molar-refractivity contribution in [2.45, 2.75) is 72.1 Å². The van der Waals surface area contributed by atoms with Crippen LogP contribution in [-0.2, 0) is 30.3 Å². The smallest absolute Gasteiger partial charge is 0.335 e. The zero-order valence-corrected chi connectivity index (χ0v) is 27.1. The van der Waals surface area contributed by atoms with E-state index in [0.717, 1.165) is 11.1 Å². The number of methoxy groups -OCH3 is 1. The van der Waals surface area contributed by atoms with Crippen LogP contribution < -0.4 is 10.1 Å². The van der Waals surface area contributed by atoms with Crippen molar-refractivity contribution in [3.63, 3.8) is 0 Å². The first-order valence-corrected chi connectivity index (χ1v) is 15.4. The second-order valence-electron chi connectivity index (χ2n) is 12.6. The Labute approximate surface area is 266 Å². The van der Waals surface area contributed by atoms with Crippen molar-refractivity contribution in [3.8, 4) is 5.75 Å². The second kappa shape index (κ2) is 16.2. The maximum Gasteiger partial charge on any atom is 0.335 e. The molecule has 9 nitrogen and oxygen atoms in total. The molecule has 1 heterocycles. The number of carbonyl (C=O) groups is 4. The van der Waals surface area contributed by atoms with E-state index in [1.807, 2.05) is 63.3 Å². The predicted molar refractivity (Wildman–Crippen MR) is 173 cm³/mol. The van der Waals surface area contributed by atoms with Crippen LogP contribution in [0, 0.1) is 17.3 Å². The number of aliphatic hydroxyl groups is 1. The van der Waals surface area contributed by atoms with Gasteiger partial charge in [-0.1, -0.05) is 81.5 Å². The number of hydrogen-bond acceptors (Lipinski definition) is 7. The number of likely N-dealkylation sites (tertiary alicyclic amines) is 1. The number of nitrogens with zero attached hydrogens (tertiary/aromatic N) is 1. The van der Waals surface area contributed by atoms with Crippen LogP contribution in [0.1, 0.15) is 58.6 Å². The maximum absolute atomic E-state index is 13.4. The second-order valence-corrected chi connectivity index (χ2v) is 12.6. The van der Waals surface area contributed by atoms with Gasteiger partial charge in [0.05, 0.1) is 12.5 Å². The summed E-state index contributed by atoms with van der Waals surface area (Å²) in [5.74, 6) is -1.45. The Morgan fingerprint density at radius 3 is 2.29 bits per heavy atom. The maximum atomic E-state index is 13.4. The molecule has 1 saturated heterocycles. The van der Waals surface area contributed by atoms with Gasteiger partial charge in [-0.15, -0.1) is 0 Å². The van der Waals surface area contributed by atoms with Gasteiger partial charge in [-0.3, -0.25) is 19.3 Å². The molecule has 3 amide bonds. The van der Waals surface area contributed by atoms with Crippen LogP contribution in [0.4, 0.5) is 0 Å². The van der Waals surface area contributed by atoms with Gasteiger partial charge in [-0.2, -0.15) is 0 Å². The van der Waals surface area contributed by atoms with Crippen LogP contribution >= 0.6 is 0 Å². The molecule has 0 radical (unpaired) electrons. The molecule has 0 saturated carbocycles. The number of esters is 1. The van der Waals surface area contributed by atoms with Gasteiger partial charge in [-0.05, 0) is 55.5 Å². The lowest BCUT2D eigenvalue weighted by atomic mass is 9.82. The van der Waals surface area contributed by atoms with Gasteiger partial charge < -0.3 is 19.9 Å². The van der Waals surface area contributed by atoms with E-state index in [9.17, 15) is 24.3 Å². The number of imide groups is 1. The minimum absolute atomic E-state index is 0.108. The van der Waals surface area contributed by atoms with Crippen LogP contribution in [0.5, 0.6) is 5.75 Å². The van der Waals surface area contributed by atoms with E-state index in [0.29, 0.717) is 5.75 Å². The fraction of sp³-hybridized carbons (Fsp3) is 0.444. The minimum Gasteiger partial charge on any atom is -0.497 e. The molecule has 1 aliphatic rings. The molecule has 3 rings (SSSR count). The number of ether oxygens (including phenoxy) is 2. The molecule has 4 atom stereocenters. The first kappa shape index (κ1) is 35.2. The van der Waals surface area contributed by atoms with Gasteiger partial charge in [0.1, 0.15) is 17.9 Å². The molecule has 2 aromatic carbocycles. The lowest BCUT2D eigenvalue weighted by Gasteiger charge is -2.44. The van der Waals surface area contributed by atoms with Gasteiger partial charge in [-0.25, -0.2) is 4.79 Å². The Hall–Kier alpha value is -4.24. The zero-order chi connectivity index (χ0) is 33.1. The molecule has 1 aliphatic heterocycles. The van der Waals surface area contributed by atoms with Crippen LogP contribution in [0.25, 0.3) is 6.08 Å². The van der Waals surface area contributed by atoms with Crippen LogP contribution in [0.2, 0.25) is 0 Å². The summed E-state index contributed by atoms with van der Waals surface area (Å²) in [5.41, 5.74) is 1.16. The van der Waals surface area contributed by atoms with E-state index >= 15 is 0 Å². The largest absolute Gasteiger partial charge is 0.497 e. The Bertz CT molecular complexity index is 1370. The summed E-state index contributed by atoms with van der Waals surface area (Å²) in [5, 5.41) is 13.1. The highest BCUT2D eigenvalue weighted by atomic mass is 16.6. The van der Waals surface area contributed by atoms with Gasteiger partial charge in [0, 0.05) is 25.3 Å². The van der Waals surface area contributed by atoms with E-state index in [1.54, 1.807) is 51.3 Å². The predicted octanol–water partition coefficient (Wildman–Crippen LogP) is 4.73. The Balaban J connectivity index is 1.73. The van der Waals surface area contributed by atoms with Crippen LogP contribution in [0.15, 0.2) is 72.8 Å². The number of amides is 3. The molecule has 0 aliphatic carbocycles. The third-order valence-corrected chi connectivity index (χ3v) is 7.71. The third-order valence-electron chi connectivity index (χ3n) is 7.71. The summed E-state index contributed by atoms with van der Waals surface area (Å²) in [6, 6.07) is 15.9. The number of carbonyl (C=O) groups excluding carboxylic acids is 4. The van der Waals surface area contributed by atoms with E-state index in [2.05, 4.69) is 5.32 Å². The molecule has 9 heteroatoms. The SMILES string of the molecule is COc1ccc(C[C@@H](NC(=O)/C=C/C[C@H](OC(=O)[C@@H](O)CC(C)C)[C@H](C)/C=C/c2ccccc2)C(=O)N2CC(C)(C)C2=O)cc1. The summed E-state index contributed by atoms with van der Waals surface area (Å²) in [6.45, 7) is 9.55. The number of hydrogen-bond donors (Lipinski definition) is 2. The molecule has 0 aromatic heterocycles. The van der Waals surface area contributed by atoms with Crippen molar-refractivity contribution in [2.24, 2.45) is 17.3 Å². The van der Waals surface area contributed by atoms with Crippen molar-refractivity contribution >= 4 is 29.8 Å². The highest BCUT2D eigenvalue weighted by molar-refractivity contribution is 6.06. The normalized spacial score (nSPS) is 17.1. The van der Waals surface area contributed by atoms with Gasteiger partial charge in [0.25, 0.3) is 5.91 Å². The van der Waals surface area contributed by atoms with Crippen LogP contribution in [0.3, 0.4) is 0 Å². The lowest BCUT2D eigenvalue weighted by Crippen LogP contribution is -2.64. The van der Waals surface area contributed by atoms with Gasteiger partial charge in [0.2, 0.25) is 11.8 Å². The summed E-state index contributed by atoms with van der Waals surface area (Å²) in [4.78, 5) is 52.9. The average Bonchev–Trinajstić information content (AvgIpc) is 3.01. The quantitative estimate of drug-likeness (QED) is 0.168. The molecular weight excluding hydrogens is 572 g/mol. The number of β-lactam (4-membered cyclic amide) rings is 1. The number of rotatable bonds is 15. The highest BCUT2D eigenvalue weighted by Crippen LogP contribution is 2.31. The summed E-state index contributed by atoms with van der Waals surface area (Å²) in [6.07, 6.45) is 5.50. The van der Waals surface area contributed by atoms with Crippen molar-refractivity contribution < 1.29 is 33.8 Å². The summed E-state index contributed by atoms with van der Waals surface area (Å²) in [7, 11) is 1.56. The fourth-order valence-electron chi connectivity index (χ4n) is 4.99. The zero-order valence-electron chi connectivity index (χ0n) is 27.1. The number of benzene rings is 2. The van der Waals surface area contributed by atoms with Crippen molar-refractivity contribution in [1.29, 1.82) is 0 Å². The summed E-state index contributed by atoms with van der Waals surface area (Å²) >= 11 is 0. The van der Waals surface area contributed by atoms with E-state index in [1.165, 1.54) is 11.0 Å². The molecule has 45 heavy (non-hydrogen) atoms. The molecule has 2 aromatic rings. The summed E-state index contributed by atoms with van der Waals surface area (Å²) < 4.78 is 10.9.